The molecule has 0 aliphatic heterocycles. The zero-order valence-corrected chi connectivity index (χ0v) is 21.2. The molecule has 190 valence electrons. The van der Waals surface area contributed by atoms with Crippen molar-refractivity contribution in [3.63, 3.8) is 0 Å². The van der Waals surface area contributed by atoms with Crippen molar-refractivity contribution in [3.05, 3.63) is 88.5 Å². The van der Waals surface area contributed by atoms with Gasteiger partial charge in [0.15, 0.2) is 11.6 Å². The average Bonchev–Trinajstić information content (AvgIpc) is 3.69. The van der Waals surface area contributed by atoms with Gasteiger partial charge in [-0.2, -0.15) is 5.10 Å². The number of hydrogen-bond donors (Lipinski definition) is 2. The Hall–Kier alpha value is -4.97. The van der Waals surface area contributed by atoms with Crippen LogP contribution in [-0.4, -0.2) is 31.5 Å². The number of aromatic nitrogens is 4. The van der Waals surface area contributed by atoms with Crippen molar-refractivity contribution in [3.8, 4) is 17.5 Å². The van der Waals surface area contributed by atoms with E-state index in [-0.39, 0.29) is 22.8 Å². The molecule has 2 heterocycles. The number of benzene rings is 2. The number of carbonyl (C=O) groups excluding carboxylic acids is 1. The Morgan fingerprint density at radius 1 is 1.24 bits per heavy atom. The number of carbonyl (C=O) groups is 1. The summed E-state index contributed by atoms with van der Waals surface area (Å²) in [6.45, 7) is 5.38. The molecule has 1 aliphatic carbocycles. The molecule has 1 amide bonds. The molecule has 0 saturated heterocycles. The van der Waals surface area contributed by atoms with Gasteiger partial charge >= 0.3 is 0 Å². The van der Waals surface area contributed by atoms with Crippen molar-refractivity contribution < 1.29 is 4.79 Å². The quantitative estimate of drug-likeness (QED) is 0.305. The van der Waals surface area contributed by atoms with Gasteiger partial charge in [0.25, 0.3) is 11.5 Å². The van der Waals surface area contributed by atoms with Gasteiger partial charge in [-0.25, -0.2) is 14.7 Å². The third-order valence-electron chi connectivity index (χ3n) is 6.23. The molecule has 1 atom stereocenters. The molecule has 4 aromatic rings. The minimum atomic E-state index is -0.670. The van der Waals surface area contributed by atoms with Crippen molar-refractivity contribution in [2.45, 2.75) is 25.8 Å². The first-order chi connectivity index (χ1) is 18.4. The second kappa shape index (κ2) is 10.2. The summed E-state index contributed by atoms with van der Waals surface area (Å²) in [6, 6.07) is 14.0. The third kappa shape index (κ3) is 4.72. The number of aliphatic imine (C=N–C) groups is 1. The van der Waals surface area contributed by atoms with Crippen LogP contribution in [0.5, 0.6) is 0 Å². The summed E-state index contributed by atoms with van der Waals surface area (Å²) in [5, 5.41) is 7.51. The zero-order chi connectivity index (χ0) is 26.8. The lowest BCUT2D eigenvalue weighted by Crippen LogP contribution is -2.33. The van der Waals surface area contributed by atoms with E-state index in [4.69, 9.17) is 10.7 Å². The van der Waals surface area contributed by atoms with Crippen LogP contribution in [0, 0.1) is 17.8 Å². The fraction of sp³-hybridized carbons (Fsp3) is 0.207. The molecular weight excluding hydrogens is 478 g/mol. The smallest absolute Gasteiger partial charge is 0.267 e. The van der Waals surface area contributed by atoms with E-state index in [9.17, 15) is 9.59 Å². The lowest BCUT2D eigenvalue weighted by atomic mass is 10.1. The number of hydrogen-bond acceptors (Lipinski definition) is 6. The van der Waals surface area contributed by atoms with Crippen molar-refractivity contribution in [1.82, 2.24) is 24.6 Å². The molecule has 1 saturated carbocycles. The molecule has 38 heavy (non-hydrogen) atoms. The zero-order valence-electron chi connectivity index (χ0n) is 21.2. The maximum Gasteiger partial charge on any atom is 0.267 e. The summed E-state index contributed by atoms with van der Waals surface area (Å²) in [4.78, 5) is 36.5. The molecule has 2 aromatic carbocycles. The van der Waals surface area contributed by atoms with E-state index in [1.165, 1.54) is 21.5 Å². The second-order valence-electron chi connectivity index (χ2n) is 9.11. The van der Waals surface area contributed by atoms with Crippen LogP contribution in [0.15, 0.2) is 71.0 Å². The van der Waals surface area contributed by atoms with Gasteiger partial charge in [0, 0.05) is 24.7 Å². The van der Waals surface area contributed by atoms with Crippen LogP contribution in [0.25, 0.3) is 16.6 Å². The highest BCUT2D eigenvalue weighted by Crippen LogP contribution is 2.28. The average molecular weight is 506 g/mol. The lowest BCUT2D eigenvalue weighted by molar-refractivity contribution is 0.0939. The molecule has 0 radical (unpaired) electrons. The molecule has 3 N–H and O–H groups in total. The van der Waals surface area contributed by atoms with Crippen LogP contribution < -0.4 is 16.6 Å². The van der Waals surface area contributed by atoms with Crippen LogP contribution >= 0.6 is 0 Å². The van der Waals surface area contributed by atoms with Gasteiger partial charge in [-0.15, -0.1) is 0 Å². The Balaban J connectivity index is 1.62. The first-order valence-corrected chi connectivity index (χ1v) is 12.3. The molecule has 0 spiro atoms. The van der Waals surface area contributed by atoms with E-state index in [1.807, 2.05) is 42.5 Å². The van der Waals surface area contributed by atoms with E-state index in [0.29, 0.717) is 33.9 Å². The van der Waals surface area contributed by atoms with Gasteiger partial charge in [-0.3, -0.25) is 14.2 Å². The molecule has 9 nitrogen and oxygen atoms in total. The highest BCUT2D eigenvalue weighted by atomic mass is 16.2. The van der Waals surface area contributed by atoms with Gasteiger partial charge in [0.05, 0.1) is 22.6 Å². The number of nitrogens with two attached hydrogens (primary N) is 1. The first-order valence-electron chi connectivity index (χ1n) is 12.3. The van der Waals surface area contributed by atoms with E-state index in [1.54, 1.807) is 20.0 Å². The normalized spacial score (nSPS) is 13.7. The summed E-state index contributed by atoms with van der Waals surface area (Å²) in [5.74, 6) is 7.03. The van der Waals surface area contributed by atoms with Crippen molar-refractivity contribution in [2.24, 2.45) is 18.0 Å². The maximum absolute atomic E-state index is 14.0. The Labute approximate surface area is 219 Å². The standard InChI is InChI=1S/C29H27N7O2/c1-4-17-31-27-24(25(30)34-35(27)3)28(37)32-18(2)26-33-22-12-8-9-20(16-15-19-13-14-19)23(22)29(38)36(26)21-10-6-5-7-11-21/h4-12,17-19H,1,13-14H2,2-3H3,(H2,30,34)(H,32,37)/b31-17-. The largest absolute Gasteiger partial charge is 0.381 e. The van der Waals surface area contributed by atoms with E-state index < -0.39 is 11.9 Å². The summed E-state index contributed by atoms with van der Waals surface area (Å²) in [5.41, 5.74) is 7.71. The maximum atomic E-state index is 14.0. The summed E-state index contributed by atoms with van der Waals surface area (Å²) < 4.78 is 2.95. The van der Waals surface area contributed by atoms with Crippen molar-refractivity contribution in [1.29, 1.82) is 0 Å². The van der Waals surface area contributed by atoms with Crippen LogP contribution in [0.1, 0.15) is 47.6 Å². The second-order valence-corrected chi connectivity index (χ2v) is 9.11. The number of nitrogen functional groups attached to an aromatic ring is 1. The van der Waals surface area contributed by atoms with Gasteiger partial charge < -0.3 is 11.1 Å². The van der Waals surface area contributed by atoms with Gasteiger partial charge in [0.2, 0.25) is 0 Å². The predicted molar refractivity (Wildman–Crippen MR) is 149 cm³/mol. The van der Waals surface area contributed by atoms with Crippen molar-refractivity contribution in [2.75, 3.05) is 5.73 Å². The van der Waals surface area contributed by atoms with E-state index in [0.717, 1.165) is 12.8 Å². The number of rotatable bonds is 6. The minimum Gasteiger partial charge on any atom is -0.381 e. The number of nitrogens with one attached hydrogen (secondary N) is 1. The Morgan fingerprint density at radius 3 is 2.71 bits per heavy atom. The highest BCUT2D eigenvalue weighted by Gasteiger charge is 2.26. The van der Waals surface area contributed by atoms with E-state index >= 15 is 0 Å². The minimum absolute atomic E-state index is 0.0409. The van der Waals surface area contributed by atoms with Crippen LogP contribution in [0.2, 0.25) is 0 Å². The monoisotopic (exact) mass is 505 g/mol. The Bertz CT molecular complexity index is 1700. The fourth-order valence-corrected chi connectivity index (χ4v) is 4.23. The van der Waals surface area contributed by atoms with Gasteiger partial charge in [0.1, 0.15) is 11.4 Å². The predicted octanol–water partition coefficient (Wildman–Crippen LogP) is 3.84. The number of fused-ring (bicyclic) bond motifs is 1. The lowest BCUT2D eigenvalue weighted by Gasteiger charge is -2.20. The SMILES string of the molecule is C=C/C=N\c1c(C(=O)NC(C)c2nc3cccc(C#CC4CC4)c3c(=O)n2-c2ccccc2)c(N)nn1C. The number of nitrogens with zero attached hydrogens (tertiary/aromatic N) is 5. The molecule has 1 aliphatic rings. The number of aryl methyl sites for hydroxylation is 1. The van der Waals surface area contributed by atoms with Crippen LogP contribution in [-0.2, 0) is 7.05 Å². The summed E-state index contributed by atoms with van der Waals surface area (Å²) >= 11 is 0. The van der Waals surface area contributed by atoms with Gasteiger partial charge in [-0.05, 0) is 44.0 Å². The van der Waals surface area contributed by atoms with E-state index in [2.05, 4.69) is 33.8 Å². The Kier molecular flexibility index (Phi) is 6.62. The number of para-hydroxylation sites is 1. The van der Waals surface area contributed by atoms with Crippen molar-refractivity contribution >= 4 is 34.7 Å². The molecule has 9 heteroatoms. The van der Waals surface area contributed by atoms with Gasteiger partial charge in [-0.1, -0.05) is 48.8 Å². The third-order valence-corrected chi connectivity index (χ3v) is 6.23. The topological polar surface area (TPSA) is 120 Å². The molecule has 1 unspecified atom stereocenters. The highest BCUT2D eigenvalue weighted by molar-refractivity contribution is 6.03. The molecule has 1 fully saturated rings. The number of allylic oxidation sites excluding steroid dienone is 1. The molecule has 0 bridgehead atoms. The van der Waals surface area contributed by atoms with Crippen LogP contribution in [0.3, 0.4) is 0 Å². The molecular formula is C29H27N7O2. The molecule has 2 aromatic heterocycles. The summed E-state index contributed by atoms with van der Waals surface area (Å²) in [7, 11) is 1.65. The number of amides is 1. The summed E-state index contributed by atoms with van der Waals surface area (Å²) in [6.07, 6.45) is 5.13. The Morgan fingerprint density at radius 2 is 2.00 bits per heavy atom. The fourth-order valence-electron chi connectivity index (χ4n) is 4.23. The number of anilines is 1. The molecule has 5 rings (SSSR count). The first kappa shape index (κ1) is 24.7. The van der Waals surface area contributed by atoms with Crippen LogP contribution in [0.4, 0.5) is 11.6 Å².